The summed E-state index contributed by atoms with van der Waals surface area (Å²) < 4.78 is 4.79. The highest BCUT2D eigenvalue weighted by Gasteiger charge is 2.08. The molecule has 0 radical (unpaired) electrons. The Hall–Kier alpha value is -1.71. The zero-order chi connectivity index (χ0) is 9.14. The lowest BCUT2D eigenvalue weighted by Gasteiger charge is -1.95. The lowest BCUT2D eigenvalue weighted by atomic mass is 10.2. The van der Waals surface area contributed by atoms with Gasteiger partial charge in [-0.3, -0.25) is 14.4 Å². The van der Waals surface area contributed by atoms with Crippen LogP contribution in [0.3, 0.4) is 0 Å². The van der Waals surface area contributed by atoms with Crippen LogP contribution in [0.4, 0.5) is 0 Å². The van der Waals surface area contributed by atoms with Crippen molar-refractivity contribution in [1.82, 2.24) is 0 Å². The molecule has 0 fully saturated rings. The third kappa shape index (κ3) is 1.18. The topological polar surface area (TPSA) is 64.3 Å². The molecule has 0 spiro atoms. The Bertz CT molecular complexity index is 375. The van der Waals surface area contributed by atoms with Crippen molar-refractivity contribution in [3.63, 3.8) is 0 Å². The van der Waals surface area contributed by atoms with Crippen molar-refractivity contribution in [2.45, 2.75) is 6.92 Å². The molecule has 1 rings (SSSR count). The van der Waals surface area contributed by atoms with E-state index in [0.717, 1.165) is 6.26 Å². The molecular formula is C8H6O4. The van der Waals surface area contributed by atoms with E-state index < -0.39 is 5.43 Å². The highest BCUT2D eigenvalue weighted by Crippen LogP contribution is 2.00. The summed E-state index contributed by atoms with van der Waals surface area (Å²) in [5.41, 5.74) is -0.814. The molecule has 0 aliphatic heterocycles. The first-order valence-electron chi connectivity index (χ1n) is 3.23. The molecule has 62 valence electrons. The summed E-state index contributed by atoms with van der Waals surface area (Å²) in [4.78, 5) is 31.7. The van der Waals surface area contributed by atoms with Gasteiger partial charge in [-0.15, -0.1) is 0 Å². The predicted molar refractivity (Wildman–Crippen MR) is 40.5 cm³/mol. The third-order valence-corrected chi connectivity index (χ3v) is 1.49. The van der Waals surface area contributed by atoms with E-state index in [2.05, 4.69) is 0 Å². The fourth-order valence-corrected chi connectivity index (χ4v) is 0.802. The molecule has 0 saturated carbocycles. The lowest BCUT2D eigenvalue weighted by molar-refractivity contribution is 0.111. The Morgan fingerprint density at radius 3 is 2.50 bits per heavy atom. The Labute approximate surface area is 67.8 Å². The summed E-state index contributed by atoms with van der Waals surface area (Å²) in [5.74, 6) is 0.223. The molecule has 12 heavy (non-hydrogen) atoms. The van der Waals surface area contributed by atoms with Crippen molar-refractivity contribution in [3.05, 3.63) is 33.4 Å². The third-order valence-electron chi connectivity index (χ3n) is 1.49. The van der Waals surface area contributed by atoms with Crippen molar-refractivity contribution in [2.75, 3.05) is 0 Å². The fraction of sp³-hybridized carbons (Fsp3) is 0.125. The quantitative estimate of drug-likeness (QED) is 0.602. The van der Waals surface area contributed by atoms with Gasteiger partial charge in [0, 0.05) is 0 Å². The van der Waals surface area contributed by atoms with Crippen LogP contribution in [0.1, 0.15) is 26.5 Å². The number of carbonyl (C=O) groups is 2. The minimum Gasteiger partial charge on any atom is -0.468 e. The number of hydrogen-bond donors (Lipinski definition) is 0. The zero-order valence-corrected chi connectivity index (χ0v) is 6.37. The molecule has 4 heteroatoms. The molecule has 0 saturated heterocycles. The second kappa shape index (κ2) is 3.13. The second-order valence-electron chi connectivity index (χ2n) is 2.23. The van der Waals surface area contributed by atoms with E-state index in [-0.39, 0.29) is 16.9 Å². The molecule has 4 nitrogen and oxygen atoms in total. The van der Waals surface area contributed by atoms with Crippen molar-refractivity contribution in [1.29, 1.82) is 0 Å². The smallest absolute Gasteiger partial charge is 0.206 e. The molecule has 1 heterocycles. The Kier molecular flexibility index (Phi) is 2.19. The van der Waals surface area contributed by atoms with E-state index in [1.54, 1.807) is 0 Å². The fourth-order valence-electron chi connectivity index (χ4n) is 0.802. The molecule has 0 aliphatic carbocycles. The van der Waals surface area contributed by atoms with Gasteiger partial charge in [0.25, 0.3) is 0 Å². The average Bonchev–Trinajstić information content (AvgIpc) is 2.06. The maximum absolute atomic E-state index is 11.1. The van der Waals surface area contributed by atoms with Crippen LogP contribution in [0, 0.1) is 6.92 Å². The highest BCUT2D eigenvalue weighted by atomic mass is 16.3. The van der Waals surface area contributed by atoms with Gasteiger partial charge < -0.3 is 4.42 Å². The van der Waals surface area contributed by atoms with Crippen molar-refractivity contribution < 1.29 is 14.0 Å². The molecule has 1 aromatic rings. The van der Waals surface area contributed by atoms with E-state index in [4.69, 9.17) is 4.42 Å². The molecule has 0 atom stereocenters. The van der Waals surface area contributed by atoms with Gasteiger partial charge >= 0.3 is 0 Å². The first-order chi connectivity index (χ1) is 5.70. The molecule has 0 amide bonds. The Morgan fingerprint density at radius 1 is 1.33 bits per heavy atom. The van der Waals surface area contributed by atoms with Gasteiger partial charge in [-0.2, -0.15) is 0 Å². The Morgan fingerprint density at radius 2 is 2.00 bits per heavy atom. The monoisotopic (exact) mass is 166 g/mol. The van der Waals surface area contributed by atoms with Gasteiger partial charge in [-0.25, -0.2) is 0 Å². The minimum absolute atomic E-state index is 0.0976. The van der Waals surface area contributed by atoms with Crippen LogP contribution in [0.2, 0.25) is 0 Å². The van der Waals surface area contributed by atoms with Crippen LogP contribution in [-0.2, 0) is 0 Å². The summed E-state index contributed by atoms with van der Waals surface area (Å²) in [7, 11) is 0. The van der Waals surface area contributed by atoms with Gasteiger partial charge in [0.15, 0.2) is 12.6 Å². The van der Waals surface area contributed by atoms with Crippen LogP contribution >= 0.6 is 0 Å². The van der Waals surface area contributed by atoms with E-state index >= 15 is 0 Å². The van der Waals surface area contributed by atoms with Gasteiger partial charge in [0.2, 0.25) is 5.43 Å². The first kappa shape index (κ1) is 8.39. The van der Waals surface area contributed by atoms with Gasteiger partial charge in [0.05, 0.1) is 5.56 Å². The van der Waals surface area contributed by atoms with Crippen LogP contribution < -0.4 is 5.43 Å². The van der Waals surface area contributed by atoms with Crippen LogP contribution in [-0.4, -0.2) is 12.6 Å². The van der Waals surface area contributed by atoms with Crippen molar-refractivity contribution >= 4 is 12.6 Å². The van der Waals surface area contributed by atoms with Crippen LogP contribution in [0.5, 0.6) is 0 Å². The van der Waals surface area contributed by atoms with Crippen molar-refractivity contribution in [2.24, 2.45) is 0 Å². The maximum atomic E-state index is 11.1. The molecule has 0 aliphatic rings. The lowest BCUT2D eigenvalue weighted by Crippen LogP contribution is -2.14. The van der Waals surface area contributed by atoms with E-state index in [9.17, 15) is 14.4 Å². The standard InChI is InChI=1S/C8H6O4/c1-5-7(3-10)8(11)6(2-9)4-12-5/h2-4H,1H3. The number of carbonyl (C=O) groups excluding carboxylic acids is 2. The first-order valence-corrected chi connectivity index (χ1v) is 3.23. The molecule has 0 unspecified atom stereocenters. The average molecular weight is 166 g/mol. The van der Waals surface area contributed by atoms with Crippen LogP contribution in [0.15, 0.2) is 15.5 Å². The zero-order valence-electron chi connectivity index (χ0n) is 6.37. The van der Waals surface area contributed by atoms with E-state index in [0.29, 0.717) is 12.6 Å². The largest absolute Gasteiger partial charge is 0.468 e. The number of aryl methyl sites for hydroxylation is 1. The SMILES string of the molecule is Cc1occ(C=O)c(=O)c1C=O. The number of aldehydes is 2. The summed E-state index contributed by atoms with van der Waals surface area (Å²) in [5, 5.41) is 0. The minimum atomic E-state index is -0.580. The maximum Gasteiger partial charge on any atom is 0.206 e. The van der Waals surface area contributed by atoms with E-state index in [1.807, 2.05) is 0 Å². The van der Waals surface area contributed by atoms with Gasteiger partial charge in [-0.1, -0.05) is 0 Å². The molecule has 0 bridgehead atoms. The highest BCUT2D eigenvalue weighted by molar-refractivity contribution is 5.81. The van der Waals surface area contributed by atoms with Crippen LogP contribution in [0.25, 0.3) is 0 Å². The summed E-state index contributed by atoms with van der Waals surface area (Å²) in [6.07, 6.45) is 1.78. The molecular weight excluding hydrogens is 160 g/mol. The van der Waals surface area contributed by atoms with Crippen molar-refractivity contribution in [3.8, 4) is 0 Å². The van der Waals surface area contributed by atoms with Gasteiger partial charge in [-0.05, 0) is 6.92 Å². The van der Waals surface area contributed by atoms with Gasteiger partial charge in [0.1, 0.15) is 17.6 Å². The van der Waals surface area contributed by atoms with E-state index in [1.165, 1.54) is 6.92 Å². The normalized spacial score (nSPS) is 9.42. The molecule has 0 N–H and O–H groups in total. The molecule has 0 aromatic carbocycles. The molecule has 1 aromatic heterocycles. The Balaban J connectivity index is 3.55. The number of rotatable bonds is 2. The summed E-state index contributed by atoms with van der Waals surface area (Å²) >= 11 is 0. The summed E-state index contributed by atoms with van der Waals surface area (Å²) in [6, 6.07) is 0. The predicted octanol–water partition coefficient (Wildman–Crippen LogP) is 0.573. The second-order valence-corrected chi connectivity index (χ2v) is 2.23. The number of hydrogen-bond acceptors (Lipinski definition) is 4. The summed E-state index contributed by atoms with van der Waals surface area (Å²) in [6.45, 7) is 1.49.